The highest BCUT2D eigenvalue weighted by Crippen LogP contribution is 2.39. The lowest BCUT2D eigenvalue weighted by Gasteiger charge is -2.40. The van der Waals surface area contributed by atoms with Gasteiger partial charge in [0.1, 0.15) is 12.1 Å². The second-order valence-electron chi connectivity index (χ2n) is 9.32. The number of fused-ring (bicyclic) bond motifs is 1. The number of benzene rings is 1. The zero-order chi connectivity index (χ0) is 23.2. The molecule has 8 nitrogen and oxygen atoms in total. The lowest BCUT2D eigenvalue weighted by Crippen LogP contribution is -2.55. The molecule has 0 radical (unpaired) electrons. The summed E-state index contributed by atoms with van der Waals surface area (Å²) < 4.78 is 0. The van der Waals surface area contributed by atoms with Gasteiger partial charge in [0.25, 0.3) is 0 Å². The zero-order valence-corrected chi connectivity index (χ0v) is 19.5. The molecule has 0 saturated carbocycles. The molecule has 3 heterocycles. The van der Waals surface area contributed by atoms with Crippen LogP contribution in [0.3, 0.4) is 0 Å². The minimum absolute atomic E-state index is 0.00509. The normalized spacial score (nSPS) is 24.8. The van der Waals surface area contributed by atoms with E-state index in [-0.39, 0.29) is 12.5 Å². The average molecular weight is 470 g/mol. The Balaban J connectivity index is 1.36. The molecule has 2 atom stereocenters. The van der Waals surface area contributed by atoms with Crippen LogP contribution in [0.2, 0.25) is 5.02 Å². The number of likely N-dealkylation sites (tertiary alicyclic amines) is 1. The summed E-state index contributed by atoms with van der Waals surface area (Å²) in [5, 5.41) is 10.1. The summed E-state index contributed by atoms with van der Waals surface area (Å²) in [6.07, 6.45) is 3.22. The summed E-state index contributed by atoms with van der Waals surface area (Å²) >= 11 is 6.08. The van der Waals surface area contributed by atoms with Crippen LogP contribution in [0.5, 0.6) is 0 Å². The predicted octanol–water partition coefficient (Wildman–Crippen LogP) is 3.15. The lowest BCUT2D eigenvalue weighted by atomic mass is 9.78. The van der Waals surface area contributed by atoms with Gasteiger partial charge < -0.3 is 19.8 Å². The number of aryl methyl sites for hydroxylation is 1. The molecular formula is C24H28ClN5O3. The van der Waals surface area contributed by atoms with Crippen LogP contribution in [0.15, 0.2) is 30.6 Å². The van der Waals surface area contributed by atoms with Crippen LogP contribution in [0, 0.1) is 0 Å². The van der Waals surface area contributed by atoms with E-state index in [9.17, 15) is 14.7 Å². The number of hydrogen-bond acceptors (Lipinski definition) is 5. The van der Waals surface area contributed by atoms with E-state index < -0.39 is 11.5 Å². The molecule has 0 bridgehead atoms. The van der Waals surface area contributed by atoms with Crippen LogP contribution in [0.1, 0.15) is 42.5 Å². The number of amides is 2. The molecule has 1 aliphatic carbocycles. The molecule has 2 aliphatic heterocycles. The number of carbonyl (C=O) groups is 2. The summed E-state index contributed by atoms with van der Waals surface area (Å²) in [4.78, 5) is 40.1. The van der Waals surface area contributed by atoms with Gasteiger partial charge in [0, 0.05) is 55.5 Å². The van der Waals surface area contributed by atoms with E-state index in [1.165, 1.54) is 10.5 Å². The zero-order valence-electron chi connectivity index (χ0n) is 18.7. The SMILES string of the molecule is C[C@@H]1CCc2ncnc(N3CCN(C(=O)C4(c5ccc(Cl)cc5)CCN(C(=O)O)C4)CC3)c21. The molecule has 2 saturated heterocycles. The second kappa shape index (κ2) is 8.48. The first kappa shape index (κ1) is 21.9. The van der Waals surface area contributed by atoms with E-state index in [0.717, 1.165) is 29.9 Å². The van der Waals surface area contributed by atoms with Crippen molar-refractivity contribution in [1.29, 1.82) is 0 Å². The summed E-state index contributed by atoms with van der Waals surface area (Å²) in [6, 6.07) is 7.25. The number of carbonyl (C=O) groups excluding carboxylic acids is 1. The number of halogens is 1. The molecule has 1 aromatic carbocycles. The number of aromatic nitrogens is 2. The highest BCUT2D eigenvalue weighted by Gasteiger charge is 2.49. The third-order valence-electron chi connectivity index (χ3n) is 7.46. The molecule has 3 aliphatic rings. The minimum atomic E-state index is -0.991. The Labute approximate surface area is 198 Å². The molecule has 2 aromatic rings. The maximum atomic E-state index is 13.9. The molecule has 9 heteroatoms. The Morgan fingerprint density at radius 1 is 1.06 bits per heavy atom. The predicted molar refractivity (Wildman–Crippen MR) is 125 cm³/mol. The Kier molecular flexibility index (Phi) is 5.64. The van der Waals surface area contributed by atoms with Crippen LogP contribution in [-0.2, 0) is 16.6 Å². The number of rotatable bonds is 3. The van der Waals surface area contributed by atoms with Gasteiger partial charge in [-0.2, -0.15) is 0 Å². The molecule has 1 N–H and O–H groups in total. The molecule has 5 rings (SSSR count). The standard InChI is InChI=1S/C24H28ClN5O3/c1-16-2-7-19-20(16)21(27-15-26-19)28-10-12-29(13-11-28)22(31)24(8-9-30(14-24)23(32)33)17-3-5-18(25)6-4-17/h3-6,15-16H,2,7-14H2,1H3,(H,32,33)/t16-,24?/m1/s1. The van der Waals surface area contributed by atoms with E-state index in [1.54, 1.807) is 18.5 Å². The van der Waals surface area contributed by atoms with E-state index in [2.05, 4.69) is 21.8 Å². The lowest BCUT2D eigenvalue weighted by molar-refractivity contribution is -0.137. The van der Waals surface area contributed by atoms with Crippen molar-refractivity contribution in [2.75, 3.05) is 44.2 Å². The average Bonchev–Trinajstić information content (AvgIpc) is 3.45. The monoisotopic (exact) mass is 469 g/mol. The fraction of sp³-hybridized carbons (Fsp3) is 0.500. The van der Waals surface area contributed by atoms with Gasteiger partial charge in [0.15, 0.2) is 0 Å². The van der Waals surface area contributed by atoms with Gasteiger partial charge in [-0.1, -0.05) is 30.7 Å². The topological polar surface area (TPSA) is 89.9 Å². The van der Waals surface area contributed by atoms with Gasteiger partial charge in [-0.05, 0) is 42.9 Å². The summed E-state index contributed by atoms with van der Waals surface area (Å²) in [5.41, 5.74) is 2.34. The van der Waals surface area contributed by atoms with E-state index in [1.807, 2.05) is 17.0 Å². The molecule has 33 heavy (non-hydrogen) atoms. The van der Waals surface area contributed by atoms with Crippen molar-refractivity contribution in [1.82, 2.24) is 19.8 Å². The van der Waals surface area contributed by atoms with Crippen molar-refractivity contribution in [3.05, 3.63) is 52.4 Å². The first-order valence-corrected chi connectivity index (χ1v) is 11.9. The van der Waals surface area contributed by atoms with E-state index >= 15 is 0 Å². The maximum absolute atomic E-state index is 13.9. The molecule has 174 valence electrons. The Morgan fingerprint density at radius 2 is 1.79 bits per heavy atom. The summed E-state index contributed by atoms with van der Waals surface area (Å²) in [5.74, 6) is 1.45. The number of anilines is 1. The van der Waals surface area contributed by atoms with Crippen LogP contribution in [0.25, 0.3) is 0 Å². The van der Waals surface area contributed by atoms with Crippen molar-refractivity contribution >= 4 is 29.4 Å². The third kappa shape index (κ3) is 3.80. The fourth-order valence-corrected chi connectivity index (χ4v) is 5.70. The van der Waals surface area contributed by atoms with Crippen LogP contribution in [-0.4, -0.2) is 76.1 Å². The Morgan fingerprint density at radius 3 is 2.45 bits per heavy atom. The molecule has 1 unspecified atom stereocenters. The quantitative estimate of drug-likeness (QED) is 0.742. The molecule has 2 fully saturated rings. The fourth-order valence-electron chi connectivity index (χ4n) is 5.57. The molecule has 1 aromatic heterocycles. The van der Waals surface area contributed by atoms with Gasteiger partial charge in [-0.25, -0.2) is 14.8 Å². The van der Waals surface area contributed by atoms with Crippen molar-refractivity contribution in [3.8, 4) is 0 Å². The second-order valence-corrected chi connectivity index (χ2v) is 9.76. The van der Waals surface area contributed by atoms with Crippen LogP contribution >= 0.6 is 11.6 Å². The third-order valence-corrected chi connectivity index (χ3v) is 7.72. The van der Waals surface area contributed by atoms with Crippen LogP contribution < -0.4 is 4.90 Å². The molecular weight excluding hydrogens is 442 g/mol. The first-order valence-electron chi connectivity index (χ1n) is 11.5. The Bertz CT molecular complexity index is 1070. The van der Waals surface area contributed by atoms with Crippen molar-refractivity contribution in [2.24, 2.45) is 0 Å². The van der Waals surface area contributed by atoms with E-state index in [4.69, 9.17) is 11.6 Å². The highest BCUT2D eigenvalue weighted by atomic mass is 35.5. The van der Waals surface area contributed by atoms with Gasteiger partial charge in [0.05, 0.1) is 5.41 Å². The highest BCUT2D eigenvalue weighted by molar-refractivity contribution is 6.30. The number of piperazine rings is 1. The smallest absolute Gasteiger partial charge is 0.407 e. The molecule has 0 spiro atoms. The number of nitrogens with zero attached hydrogens (tertiary/aromatic N) is 5. The maximum Gasteiger partial charge on any atom is 0.407 e. The first-order chi connectivity index (χ1) is 15.9. The van der Waals surface area contributed by atoms with Crippen LogP contribution in [0.4, 0.5) is 10.6 Å². The molecule has 2 amide bonds. The van der Waals surface area contributed by atoms with Gasteiger partial charge in [-0.15, -0.1) is 0 Å². The number of hydrogen-bond donors (Lipinski definition) is 1. The van der Waals surface area contributed by atoms with Gasteiger partial charge >= 0.3 is 6.09 Å². The van der Waals surface area contributed by atoms with Gasteiger partial charge in [0.2, 0.25) is 5.91 Å². The van der Waals surface area contributed by atoms with Gasteiger partial charge in [-0.3, -0.25) is 4.79 Å². The van der Waals surface area contributed by atoms with E-state index in [0.29, 0.717) is 50.1 Å². The number of carboxylic acid groups (broad SMARTS) is 1. The van der Waals surface area contributed by atoms with Crippen molar-refractivity contribution < 1.29 is 14.7 Å². The van der Waals surface area contributed by atoms with Crippen molar-refractivity contribution in [2.45, 2.75) is 37.5 Å². The summed E-state index contributed by atoms with van der Waals surface area (Å²) in [7, 11) is 0. The largest absolute Gasteiger partial charge is 0.465 e. The Hall–Kier alpha value is -2.87. The van der Waals surface area contributed by atoms with Crippen molar-refractivity contribution in [3.63, 3.8) is 0 Å². The summed E-state index contributed by atoms with van der Waals surface area (Å²) in [6.45, 7) is 5.28. The minimum Gasteiger partial charge on any atom is -0.465 e.